The van der Waals surface area contributed by atoms with Crippen LogP contribution in [0.2, 0.25) is 5.02 Å². The molecule has 0 saturated heterocycles. The largest absolute Gasteiger partial charge is 0.308 e. The molecule has 4 nitrogen and oxygen atoms in total. The molecule has 30 heavy (non-hydrogen) atoms. The van der Waals surface area contributed by atoms with Gasteiger partial charge in [-0.25, -0.2) is 9.37 Å². The Morgan fingerprint density at radius 2 is 1.90 bits per heavy atom. The number of aryl methyl sites for hydroxylation is 1. The van der Waals surface area contributed by atoms with Gasteiger partial charge in [0.25, 0.3) is 0 Å². The molecular formula is C22H25ClFN3OS2. The first-order chi connectivity index (χ1) is 14.3. The summed E-state index contributed by atoms with van der Waals surface area (Å²) in [4.78, 5) is 22.6. The van der Waals surface area contributed by atoms with Crippen molar-refractivity contribution in [3.05, 3.63) is 52.8 Å². The third kappa shape index (κ3) is 5.94. The number of rotatable bonds is 9. The van der Waals surface area contributed by atoms with E-state index in [9.17, 15) is 9.18 Å². The molecule has 0 fully saturated rings. The maximum Gasteiger partial charge on any atom is 0.228 e. The fraction of sp³-hybridized carbons (Fsp3) is 0.364. The highest BCUT2D eigenvalue weighted by Crippen LogP contribution is 2.34. The van der Waals surface area contributed by atoms with Crippen LogP contribution >= 0.6 is 34.7 Å². The molecule has 0 radical (unpaired) electrons. The number of halogens is 2. The average Bonchev–Trinajstić information content (AvgIpc) is 3.14. The number of fused-ring (bicyclic) bond motifs is 1. The molecule has 0 saturated carbocycles. The van der Waals surface area contributed by atoms with Crippen molar-refractivity contribution in [2.45, 2.75) is 24.7 Å². The molecule has 0 bridgehead atoms. The van der Waals surface area contributed by atoms with Crippen LogP contribution in [0.1, 0.15) is 18.4 Å². The minimum atomic E-state index is -0.238. The van der Waals surface area contributed by atoms with Crippen LogP contribution < -0.4 is 4.90 Å². The Kier molecular flexibility index (Phi) is 8.11. The van der Waals surface area contributed by atoms with Gasteiger partial charge in [-0.3, -0.25) is 9.69 Å². The Hall–Kier alpha value is -1.67. The lowest BCUT2D eigenvalue weighted by Gasteiger charge is -2.22. The molecule has 0 N–H and O–H groups in total. The van der Waals surface area contributed by atoms with Crippen molar-refractivity contribution in [1.29, 1.82) is 0 Å². The van der Waals surface area contributed by atoms with E-state index in [4.69, 9.17) is 16.6 Å². The third-order valence-electron chi connectivity index (χ3n) is 4.66. The summed E-state index contributed by atoms with van der Waals surface area (Å²) in [5.41, 5.74) is 1.80. The number of amides is 1. The molecule has 160 valence electrons. The zero-order chi connectivity index (χ0) is 21.7. The highest BCUT2D eigenvalue weighted by molar-refractivity contribution is 7.99. The van der Waals surface area contributed by atoms with E-state index >= 15 is 0 Å². The van der Waals surface area contributed by atoms with Crippen LogP contribution in [-0.2, 0) is 4.79 Å². The van der Waals surface area contributed by atoms with Gasteiger partial charge >= 0.3 is 0 Å². The molecule has 0 aliphatic carbocycles. The Morgan fingerprint density at radius 3 is 2.60 bits per heavy atom. The number of carbonyl (C=O) groups excluding carboxylic acids is 1. The Labute approximate surface area is 190 Å². The maximum absolute atomic E-state index is 13.0. The Morgan fingerprint density at radius 1 is 1.17 bits per heavy atom. The van der Waals surface area contributed by atoms with Crippen LogP contribution in [0.25, 0.3) is 10.2 Å². The van der Waals surface area contributed by atoms with E-state index in [-0.39, 0.29) is 11.7 Å². The van der Waals surface area contributed by atoms with Crippen molar-refractivity contribution in [3.8, 4) is 0 Å². The van der Waals surface area contributed by atoms with Gasteiger partial charge in [0.05, 0.1) is 10.2 Å². The molecule has 1 aromatic heterocycles. The van der Waals surface area contributed by atoms with Gasteiger partial charge in [0.2, 0.25) is 5.91 Å². The minimum absolute atomic E-state index is 0.0689. The Balaban J connectivity index is 1.67. The second-order valence-corrected chi connectivity index (χ2v) is 9.85. The molecule has 0 aliphatic rings. The van der Waals surface area contributed by atoms with Gasteiger partial charge in [-0.1, -0.05) is 22.9 Å². The molecule has 1 amide bonds. The van der Waals surface area contributed by atoms with Crippen LogP contribution in [0.15, 0.2) is 41.3 Å². The molecule has 3 aromatic rings. The van der Waals surface area contributed by atoms with Gasteiger partial charge in [0.15, 0.2) is 5.13 Å². The summed E-state index contributed by atoms with van der Waals surface area (Å²) in [5.74, 6) is 0.630. The SMILES string of the molecule is Cc1c(Cl)ccc2sc(N(CCN(C)C)C(=O)CCCSc3ccc(F)cc3)nc12. The highest BCUT2D eigenvalue weighted by Gasteiger charge is 2.20. The summed E-state index contributed by atoms with van der Waals surface area (Å²) < 4.78 is 14.0. The first-order valence-electron chi connectivity index (χ1n) is 9.74. The topological polar surface area (TPSA) is 36.4 Å². The number of benzene rings is 2. The number of aromatic nitrogens is 1. The van der Waals surface area contributed by atoms with E-state index in [0.717, 1.165) is 39.4 Å². The normalized spacial score (nSPS) is 11.4. The third-order valence-corrected chi connectivity index (χ3v) is 7.21. The molecule has 0 unspecified atom stereocenters. The second-order valence-electron chi connectivity index (χ2n) is 7.27. The lowest BCUT2D eigenvalue weighted by Crippen LogP contribution is -2.36. The predicted molar refractivity (Wildman–Crippen MR) is 127 cm³/mol. The average molecular weight is 466 g/mol. The summed E-state index contributed by atoms with van der Waals surface area (Å²) in [7, 11) is 3.98. The molecule has 0 atom stereocenters. The van der Waals surface area contributed by atoms with E-state index in [0.29, 0.717) is 23.1 Å². The number of hydrogen-bond donors (Lipinski definition) is 0. The van der Waals surface area contributed by atoms with Crippen molar-refractivity contribution in [2.24, 2.45) is 0 Å². The summed E-state index contributed by atoms with van der Waals surface area (Å²) in [6, 6.07) is 10.3. The quantitative estimate of drug-likeness (QED) is 0.293. The summed E-state index contributed by atoms with van der Waals surface area (Å²) in [5, 5.41) is 1.40. The predicted octanol–water partition coefficient (Wildman–Crippen LogP) is 5.86. The van der Waals surface area contributed by atoms with Gasteiger partial charge < -0.3 is 4.90 Å². The molecule has 3 rings (SSSR count). The van der Waals surface area contributed by atoms with Crippen LogP contribution in [0.3, 0.4) is 0 Å². The van der Waals surface area contributed by atoms with E-state index < -0.39 is 0 Å². The lowest BCUT2D eigenvalue weighted by atomic mass is 10.2. The first-order valence-corrected chi connectivity index (χ1v) is 11.9. The summed E-state index contributed by atoms with van der Waals surface area (Å²) in [6.45, 7) is 3.29. The second kappa shape index (κ2) is 10.6. The van der Waals surface area contributed by atoms with E-state index in [1.807, 2.05) is 33.2 Å². The maximum atomic E-state index is 13.0. The van der Waals surface area contributed by atoms with Crippen molar-refractivity contribution >= 4 is 56.0 Å². The molecule has 1 heterocycles. The van der Waals surface area contributed by atoms with E-state index in [1.165, 1.54) is 23.5 Å². The monoisotopic (exact) mass is 465 g/mol. The molecule has 8 heteroatoms. The van der Waals surface area contributed by atoms with Crippen molar-refractivity contribution in [1.82, 2.24) is 9.88 Å². The lowest BCUT2D eigenvalue weighted by molar-refractivity contribution is -0.118. The van der Waals surface area contributed by atoms with Gasteiger partial charge in [0.1, 0.15) is 5.82 Å². The fourth-order valence-corrected chi connectivity index (χ4v) is 4.98. The van der Waals surface area contributed by atoms with Gasteiger partial charge in [-0.2, -0.15) is 0 Å². The van der Waals surface area contributed by atoms with Crippen LogP contribution in [0.4, 0.5) is 9.52 Å². The minimum Gasteiger partial charge on any atom is -0.308 e. The number of carbonyl (C=O) groups is 1. The number of hydrogen-bond acceptors (Lipinski definition) is 5. The number of nitrogens with zero attached hydrogens (tertiary/aromatic N) is 3. The molecule has 0 spiro atoms. The van der Waals surface area contributed by atoms with Crippen molar-refractivity contribution in [3.63, 3.8) is 0 Å². The van der Waals surface area contributed by atoms with Crippen molar-refractivity contribution < 1.29 is 9.18 Å². The van der Waals surface area contributed by atoms with Crippen LogP contribution in [0, 0.1) is 12.7 Å². The Bertz CT molecular complexity index is 1010. The van der Waals surface area contributed by atoms with Crippen LogP contribution in [-0.4, -0.2) is 48.7 Å². The zero-order valence-electron chi connectivity index (χ0n) is 17.3. The van der Waals surface area contributed by atoms with Gasteiger partial charge in [-0.15, -0.1) is 11.8 Å². The van der Waals surface area contributed by atoms with Gasteiger partial charge in [-0.05, 0) is 75.2 Å². The number of thiazole rings is 1. The van der Waals surface area contributed by atoms with E-state index in [1.54, 1.807) is 28.8 Å². The number of thioether (sulfide) groups is 1. The summed E-state index contributed by atoms with van der Waals surface area (Å²) in [6.07, 6.45) is 1.19. The van der Waals surface area contributed by atoms with E-state index in [2.05, 4.69) is 4.90 Å². The standard InChI is InChI=1S/C22H25ClFN3OS2/c1-15-18(23)10-11-19-21(15)25-22(30-19)27(13-12-26(2)3)20(28)5-4-14-29-17-8-6-16(24)7-9-17/h6-11H,4-5,12-14H2,1-3H3. The fourth-order valence-electron chi connectivity index (χ4n) is 2.91. The van der Waals surface area contributed by atoms with Crippen LogP contribution in [0.5, 0.6) is 0 Å². The smallest absolute Gasteiger partial charge is 0.228 e. The first kappa shape index (κ1) is 23.0. The number of anilines is 1. The van der Waals surface area contributed by atoms with Gasteiger partial charge in [0, 0.05) is 29.4 Å². The highest BCUT2D eigenvalue weighted by atomic mass is 35.5. The summed E-state index contributed by atoms with van der Waals surface area (Å²) >= 11 is 9.39. The molecular weight excluding hydrogens is 441 g/mol. The molecule has 2 aromatic carbocycles. The zero-order valence-corrected chi connectivity index (χ0v) is 19.7. The molecule has 0 aliphatic heterocycles. The van der Waals surface area contributed by atoms with Crippen molar-refractivity contribution in [2.75, 3.05) is 37.8 Å². The number of likely N-dealkylation sites (N-methyl/N-ethyl adjacent to an activating group) is 1.